The van der Waals surface area contributed by atoms with E-state index in [-0.39, 0.29) is 24.6 Å². The lowest BCUT2D eigenvalue weighted by Gasteiger charge is -2.39. The van der Waals surface area contributed by atoms with E-state index in [1.165, 1.54) is 5.56 Å². The van der Waals surface area contributed by atoms with Gasteiger partial charge in [-0.1, -0.05) is 30.3 Å². The van der Waals surface area contributed by atoms with E-state index in [1.807, 2.05) is 38.1 Å². The Balaban J connectivity index is 1.62. The first-order valence-electron chi connectivity index (χ1n) is 8.69. The molecule has 0 saturated carbocycles. The van der Waals surface area contributed by atoms with Crippen molar-refractivity contribution in [2.75, 3.05) is 26.7 Å². The van der Waals surface area contributed by atoms with Crippen LogP contribution >= 0.6 is 0 Å². The third kappa shape index (κ3) is 4.27. The van der Waals surface area contributed by atoms with Gasteiger partial charge in [-0.3, -0.25) is 14.4 Å². The quantitative estimate of drug-likeness (QED) is 0.898. The zero-order valence-corrected chi connectivity index (χ0v) is 15.1. The van der Waals surface area contributed by atoms with Gasteiger partial charge >= 0.3 is 0 Å². The molecule has 6 nitrogen and oxygen atoms in total. The van der Waals surface area contributed by atoms with Crippen molar-refractivity contribution in [1.82, 2.24) is 20.0 Å². The molecule has 0 bridgehead atoms. The SMILES string of the molecule is Cc1cc(C)n(CC(=O)NC[C@@H]2OCCN(C)[C@H]2c2ccccc2)n1. The number of likely N-dealkylation sites (N-methyl/N-ethyl adjacent to an activating group) is 1. The van der Waals surface area contributed by atoms with Gasteiger partial charge in [0.1, 0.15) is 6.54 Å². The fourth-order valence-electron chi connectivity index (χ4n) is 3.39. The Morgan fingerprint density at radius 1 is 1.32 bits per heavy atom. The molecule has 1 aliphatic heterocycles. The molecule has 1 aliphatic rings. The van der Waals surface area contributed by atoms with Crippen molar-refractivity contribution in [1.29, 1.82) is 0 Å². The van der Waals surface area contributed by atoms with Crippen LogP contribution in [0.1, 0.15) is 23.0 Å². The van der Waals surface area contributed by atoms with Crippen molar-refractivity contribution in [2.24, 2.45) is 0 Å². The maximum absolute atomic E-state index is 12.3. The third-order valence-corrected chi connectivity index (χ3v) is 4.64. The number of amides is 1. The lowest BCUT2D eigenvalue weighted by atomic mass is 9.98. The molecule has 2 atom stereocenters. The summed E-state index contributed by atoms with van der Waals surface area (Å²) < 4.78 is 7.69. The number of aryl methyl sites for hydroxylation is 2. The van der Waals surface area contributed by atoms with Gasteiger partial charge in [0.25, 0.3) is 0 Å². The predicted molar refractivity (Wildman–Crippen MR) is 96.3 cm³/mol. The molecule has 1 fully saturated rings. The van der Waals surface area contributed by atoms with Gasteiger partial charge in [-0.2, -0.15) is 5.10 Å². The highest BCUT2D eigenvalue weighted by Crippen LogP contribution is 2.27. The molecule has 1 aromatic heterocycles. The maximum Gasteiger partial charge on any atom is 0.241 e. The van der Waals surface area contributed by atoms with Gasteiger partial charge in [0, 0.05) is 18.8 Å². The topological polar surface area (TPSA) is 59.4 Å². The van der Waals surface area contributed by atoms with Crippen LogP contribution in [0.15, 0.2) is 36.4 Å². The van der Waals surface area contributed by atoms with Crippen molar-refractivity contribution in [3.8, 4) is 0 Å². The van der Waals surface area contributed by atoms with E-state index < -0.39 is 0 Å². The molecule has 0 unspecified atom stereocenters. The smallest absolute Gasteiger partial charge is 0.241 e. The lowest BCUT2D eigenvalue weighted by molar-refractivity contribution is -0.123. The number of rotatable bonds is 5. The average molecular weight is 342 g/mol. The summed E-state index contributed by atoms with van der Waals surface area (Å²) in [7, 11) is 2.10. The number of carbonyl (C=O) groups excluding carboxylic acids is 1. The molecule has 0 radical (unpaired) electrons. The molecule has 1 N–H and O–H groups in total. The number of aromatic nitrogens is 2. The molecular weight excluding hydrogens is 316 g/mol. The Bertz CT molecular complexity index is 713. The summed E-state index contributed by atoms with van der Waals surface area (Å²) in [5.41, 5.74) is 3.12. The Morgan fingerprint density at radius 2 is 2.08 bits per heavy atom. The van der Waals surface area contributed by atoms with Gasteiger partial charge in [0.05, 0.1) is 24.4 Å². The Kier molecular flexibility index (Phi) is 5.50. The molecule has 1 aromatic carbocycles. The standard InChI is InChI=1S/C19H26N4O2/c1-14-11-15(2)23(21-14)13-18(24)20-12-17-19(22(3)9-10-25-17)16-7-5-4-6-8-16/h4-8,11,17,19H,9-10,12-13H2,1-3H3,(H,20,24)/t17-,19-/m0/s1. The summed E-state index contributed by atoms with van der Waals surface area (Å²) in [5, 5.41) is 7.34. The molecule has 1 saturated heterocycles. The molecule has 2 heterocycles. The van der Waals surface area contributed by atoms with Crippen LogP contribution in [0, 0.1) is 13.8 Å². The number of nitrogens with one attached hydrogen (secondary N) is 1. The van der Waals surface area contributed by atoms with Crippen LogP contribution in [-0.2, 0) is 16.1 Å². The summed E-state index contributed by atoms with van der Waals surface area (Å²) >= 11 is 0. The van der Waals surface area contributed by atoms with E-state index in [2.05, 4.69) is 34.5 Å². The van der Waals surface area contributed by atoms with Crippen LogP contribution < -0.4 is 5.32 Å². The van der Waals surface area contributed by atoms with Crippen LogP contribution in [0.2, 0.25) is 0 Å². The number of benzene rings is 1. The van der Waals surface area contributed by atoms with Crippen molar-refractivity contribution in [2.45, 2.75) is 32.5 Å². The molecule has 0 spiro atoms. The van der Waals surface area contributed by atoms with Crippen LogP contribution in [0.3, 0.4) is 0 Å². The molecule has 25 heavy (non-hydrogen) atoms. The fraction of sp³-hybridized carbons (Fsp3) is 0.474. The van der Waals surface area contributed by atoms with Gasteiger partial charge in [-0.15, -0.1) is 0 Å². The average Bonchev–Trinajstić information content (AvgIpc) is 2.91. The summed E-state index contributed by atoms with van der Waals surface area (Å²) in [6.45, 7) is 6.17. The van der Waals surface area contributed by atoms with Crippen molar-refractivity contribution >= 4 is 5.91 Å². The largest absolute Gasteiger partial charge is 0.373 e. The lowest BCUT2D eigenvalue weighted by Crippen LogP contribution is -2.48. The normalized spacial score (nSPS) is 21.2. The summed E-state index contributed by atoms with van der Waals surface area (Å²) in [4.78, 5) is 14.6. The summed E-state index contributed by atoms with van der Waals surface area (Å²) in [6, 6.07) is 12.4. The van der Waals surface area contributed by atoms with Crippen molar-refractivity contribution < 1.29 is 9.53 Å². The number of morpholine rings is 1. The van der Waals surface area contributed by atoms with Crippen molar-refractivity contribution in [3.05, 3.63) is 53.3 Å². The van der Waals surface area contributed by atoms with E-state index >= 15 is 0 Å². The van der Waals surface area contributed by atoms with E-state index in [0.717, 1.165) is 17.9 Å². The highest BCUT2D eigenvalue weighted by molar-refractivity contribution is 5.75. The van der Waals surface area contributed by atoms with Crippen molar-refractivity contribution in [3.63, 3.8) is 0 Å². The van der Waals surface area contributed by atoms with Gasteiger partial charge in [0.15, 0.2) is 0 Å². The monoisotopic (exact) mass is 342 g/mol. The first-order valence-corrected chi connectivity index (χ1v) is 8.69. The number of ether oxygens (including phenoxy) is 1. The van der Waals surface area contributed by atoms with Gasteiger partial charge in [-0.25, -0.2) is 0 Å². The minimum absolute atomic E-state index is 0.0464. The maximum atomic E-state index is 12.3. The molecule has 2 aromatic rings. The third-order valence-electron chi connectivity index (χ3n) is 4.64. The summed E-state index contributed by atoms with van der Waals surface area (Å²) in [5.74, 6) is -0.0464. The summed E-state index contributed by atoms with van der Waals surface area (Å²) in [6.07, 6.45) is -0.0643. The van der Waals surface area contributed by atoms with E-state index in [4.69, 9.17) is 4.74 Å². The second-order valence-electron chi connectivity index (χ2n) is 6.63. The fourth-order valence-corrected chi connectivity index (χ4v) is 3.39. The van der Waals surface area contributed by atoms with Gasteiger partial charge < -0.3 is 10.1 Å². The zero-order chi connectivity index (χ0) is 17.8. The van der Waals surface area contributed by atoms with Crippen LogP contribution in [0.4, 0.5) is 0 Å². The second kappa shape index (κ2) is 7.80. The van der Waals surface area contributed by atoms with Crippen LogP contribution in [0.5, 0.6) is 0 Å². The highest BCUT2D eigenvalue weighted by Gasteiger charge is 2.31. The molecule has 3 rings (SSSR count). The number of hydrogen-bond acceptors (Lipinski definition) is 4. The Labute approximate surface area is 148 Å². The number of carbonyl (C=O) groups is 1. The molecule has 0 aliphatic carbocycles. The Hall–Kier alpha value is -2.18. The van der Waals surface area contributed by atoms with E-state index in [9.17, 15) is 4.79 Å². The molecule has 1 amide bonds. The zero-order valence-electron chi connectivity index (χ0n) is 15.1. The van der Waals surface area contributed by atoms with Crippen LogP contribution in [0.25, 0.3) is 0 Å². The van der Waals surface area contributed by atoms with Crippen LogP contribution in [-0.4, -0.2) is 53.4 Å². The molecule has 134 valence electrons. The second-order valence-corrected chi connectivity index (χ2v) is 6.63. The molecular formula is C19H26N4O2. The minimum atomic E-state index is -0.0643. The Morgan fingerprint density at radius 3 is 2.76 bits per heavy atom. The predicted octanol–water partition coefficient (Wildman–Crippen LogP) is 1.69. The molecule has 6 heteroatoms. The first-order chi connectivity index (χ1) is 12.0. The number of nitrogens with zero attached hydrogens (tertiary/aromatic N) is 3. The number of hydrogen-bond donors (Lipinski definition) is 1. The highest BCUT2D eigenvalue weighted by atomic mass is 16.5. The van der Waals surface area contributed by atoms with Gasteiger partial charge in [0.2, 0.25) is 5.91 Å². The first kappa shape index (κ1) is 17.6. The minimum Gasteiger partial charge on any atom is -0.373 e. The van der Waals surface area contributed by atoms with E-state index in [1.54, 1.807) is 4.68 Å². The van der Waals surface area contributed by atoms with E-state index in [0.29, 0.717) is 13.2 Å². The van der Waals surface area contributed by atoms with Gasteiger partial charge in [-0.05, 0) is 32.5 Å².